The van der Waals surface area contributed by atoms with E-state index in [-0.39, 0.29) is 6.10 Å². The lowest BCUT2D eigenvalue weighted by Crippen LogP contribution is -2.48. The van der Waals surface area contributed by atoms with Gasteiger partial charge in [0.05, 0.1) is 18.8 Å². The van der Waals surface area contributed by atoms with Crippen LogP contribution in [0.4, 0.5) is 5.82 Å². The monoisotopic (exact) mass is 291 g/mol. The van der Waals surface area contributed by atoms with E-state index in [2.05, 4.69) is 57.8 Å². The third kappa shape index (κ3) is 3.95. The summed E-state index contributed by atoms with van der Waals surface area (Å²) >= 11 is 0. The van der Waals surface area contributed by atoms with Gasteiger partial charge in [-0.05, 0) is 39.3 Å². The third-order valence-corrected chi connectivity index (χ3v) is 4.02. The molecule has 1 aromatic heterocycles. The van der Waals surface area contributed by atoms with E-state index in [9.17, 15) is 0 Å². The molecule has 1 aliphatic rings. The van der Waals surface area contributed by atoms with Gasteiger partial charge in [0.25, 0.3) is 0 Å². The summed E-state index contributed by atoms with van der Waals surface area (Å²) in [5, 5.41) is 3.53. The molecule has 0 spiro atoms. The minimum Gasteiger partial charge on any atom is -0.375 e. The van der Waals surface area contributed by atoms with E-state index in [4.69, 9.17) is 9.72 Å². The van der Waals surface area contributed by atoms with E-state index < -0.39 is 0 Å². The van der Waals surface area contributed by atoms with Gasteiger partial charge in [0.2, 0.25) is 0 Å². The molecule has 1 N–H and O–H groups in total. The first-order valence-corrected chi connectivity index (χ1v) is 7.97. The molecule has 0 aliphatic carbocycles. The zero-order valence-corrected chi connectivity index (χ0v) is 14.2. The third-order valence-electron chi connectivity index (χ3n) is 4.02. The van der Waals surface area contributed by atoms with Crippen molar-refractivity contribution in [1.82, 2.24) is 10.3 Å². The van der Waals surface area contributed by atoms with Gasteiger partial charge < -0.3 is 15.0 Å². The molecule has 0 bridgehead atoms. The van der Waals surface area contributed by atoms with Gasteiger partial charge in [0.1, 0.15) is 5.82 Å². The standard InChI is InChI=1S/C17H29N3O/c1-11(2)18-8-16-12(3)7-13(4)19-17(16)20-9-15(6)21-10-14(20)5/h7,11,14-15,18H,8-10H2,1-6H3. The van der Waals surface area contributed by atoms with Crippen molar-refractivity contribution in [3.8, 4) is 0 Å². The summed E-state index contributed by atoms with van der Waals surface area (Å²) in [6, 6.07) is 3.02. The Morgan fingerprint density at radius 1 is 1.38 bits per heavy atom. The van der Waals surface area contributed by atoms with Crippen LogP contribution in [0.5, 0.6) is 0 Å². The predicted octanol–water partition coefficient (Wildman–Crippen LogP) is 2.81. The molecule has 4 heteroatoms. The average Bonchev–Trinajstić information content (AvgIpc) is 2.39. The zero-order valence-electron chi connectivity index (χ0n) is 14.2. The molecule has 1 saturated heterocycles. The summed E-state index contributed by atoms with van der Waals surface area (Å²) in [6.45, 7) is 15.5. The smallest absolute Gasteiger partial charge is 0.134 e. The van der Waals surface area contributed by atoms with E-state index >= 15 is 0 Å². The van der Waals surface area contributed by atoms with Crippen molar-refractivity contribution in [2.45, 2.75) is 66.3 Å². The molecule has 0 saturated carbocycles. The van der Waals surface area contributed by atoms with Gasteiger partial charge in [0.15, 0.2) is 0 Å². The van der Waals surface area contributed by atoms with E-state index in [1.165, 1.54) is 11.1 Å². The van der Waals surface area contributed by atoms with Gasteiger partial charge in [-0.25, -0.2) is 4.98 Å². The van der Waals surface area contributed by atoms with Crippen molar-refractivity contribution in [2.75, 3.05) is 18.1 Å². The Morgan fingerprint density at radius 3 is 2.76 bits per heavy atom. The van der Waals surface area contributed by atoms with Crippen LogP contribution in [0.1, 0.15) is 44.5 Å². The Labute approximate surface area is 128 Å². The van der Waals surface area contributed by atoms with E-state index in [1.54, 1.807) is 0 Å². The average molecular weight is 291 g/mol. The molecule has 2 heterocycles. The molecular weight excluding hydrogens is 262 g/mol. The molecule has 21 heavy (non-hydrogen) atoms. The number of hydrogen-bond acceptors (Lipinski definition) is 4. The fourth-order valence-corrected chi connectivity index (χ4v) is 2.80. The van der Waals surface area contributed by atoms with Crippen molar-refractivity contribution >= 4 is 5.82 Å². The number of aryl methyl sites for hydroxylation is 2. The Balaban J connectivity index is 2.35. The second-order valence-electron chi connectivity index (χ2n) is 6.56. The fraction of sp³-hybridized carbons (Fsp3) is 0.706. The van der Waals surface area contributed by atoms with Crippen molar-refractivity contribution in [3.63, 3.8) is 0 Å². The maximum Gasteiger partial charge on any atom is 0.134 e. The van der Waals surface area contributed by atoms with Crippen LogP contribution < -0.4 is 10.2 Å². The molecule has 1 aliphatic heterocycles. The molecular formula is C17H29N3O. The summed E-state index contributed by atoms with van der Waals surface area (Å²) < 4.78 is 5.76. The summed E-state index contributed by atoms with van der Waals surface area (Å²) in [5.74, 6) is 1.13. The van der Waals surface area contributed by atoms with Crippen LogP contribution in [0, 0.1) is 13.8 Å². The van der Waals surface area contributed by atoms with Gasteiger partial charge >= 0.3 is 0 Å². The first-order valence-electron chi connectivity index (χ1n) is 7.97. The number of pyridine rings is 1. The summed E-state index contributed by atoms with van der Waals surface area (Å²) in [6.07, 6.45) is 0.259. The summed E-state index contributed by atoms with van der Waals surface area (Å²) in [5.41, 5.74) is 3.72. The number of anilines is 1. The first kappa shape index (κ1) is 16.2. The lowest BCUT2D eigenvalue weighted by molar-refractivity contribution is 0.0339. The van der Waals surface area contributed by atoms with Crippen molar-refractivity contribution < 1.29 is 4.74 Å². The maximum atomic E-state index is 5.76. The molecule has 1 aromatic rings. The van der Waals surface area contributed by atoms with Gasteiger partial charge in [-0.15, -0.1) is 0 Å². The fourth-order valence-electron chi connectivity index (χ4n) is 2.80. The van der Waals surface area contributed by atoms with Crippen LogP contribution in [0.15, 0.2) is 6.07 Å². The number of aromatic nitrogens is 1. The van der Waals surface area contributed by atoms with Gasteiger partial charge in [-0.3, -0.25) is 0 Å². The minimum absolute atomic E-state index is 0.259. The molecule has 1 fully saturated rings. The summed E-state index contributed by atoms with van der Waals surface area (Å²) in [4.78, 5) is 7.26. The second-order valence-corrected chi connectivity index (χ2v) is 6.56. The molecule has 0 amide bonds. The Hall–Kier alpha value is -1.13. The van der Waals surface area contributed by atoms with Crippen LogP contribution in [0.25, 0.3) is 0 Å². The van der Waals surface area contributed by atoms with Crippen LogP contribution in [0.2, 0.25) is 0 Å². The molecule has 118 valence electrons. The number of morpholine rings is 1. The van der Waals surface area contributed by atoms with Gasteiger partial charge in [-0.1, -0.05) is 13.8 Å². The van der Waals surface area contributed by atoms with Crippen LogP contribution in [-0.2, 0) is 11.3 Å². The maximum absolute atomic E-state index is 5.76. The quantitative estimate of drug-likeness (QED) is 0.925. The molecule has 4 nitrogen and oxygen atoms in total. The van der Waals surface area contributed by atoms with Gasteiger partial charge in [-0.2, -0.15) is 0 Å². The van der Waals surface area contributed by atoms with E-state index in [0.29, 0.717) is 12.1 Å². The lowest BCUT2D eigenvalue weighted by atomic mass is 10.1. The highest BCUT2D eigenvalue weighted by atomic mass is 16.5. The van der Waals surface area contributed by atoms with Gasteiger partial charge in [0, 0.05) is 30.4 Å². The van der Waals surface area contributed by atoms with Crippen LogP contribution in [-0.4, -0.2) is 36.3 Å². The number of rotatable bonds is 4. The van der Waals surface area contributed by atoms with Crippen molar-refractivity contribution in [1.29, 1.82) is 0 Å². The molecule has 2 rings (SSSR count). The van der Waals surface area contributed by atoms with Crippen LogP contribution in [0.3, 0.4) is 0 Å². The number of nitrogens with one attached hydrogen (secondary N) is 1. The highest BCUT2D eigenvalue weighted by molar-refractivity contribution is 5.52. The Morgan fingerprint density at radius 2 is 2.10 bits per heavy atom. The van der Waals surface area contributed by atoms with E-state index in [1.807, 2.05) is 0 Å². The molecule has 0 aromatic carbocycles. The summed E-state index contributed by atoms with van der Waals surface area (Å²) in [7, 11) is 0. The van der Waals surface area contributed by atoms with Crippen molar-refractivity contribution in [2.24, 2.45) is 0 Å². The number of nitrogens with zero attached hydrogens (tertiary/aromatic N) is 2. The highest BCUT2D eigenvalue weighted by Gasteiger charge is 2.27. The zero-order chi connectivity index (χ0) is 15.6. The number of ether oxygens (including phenoxy) is 1. The largest absolute Gasteiger partial charge is 0.375 e. The van der Waals surface area contributed by atoms with E-state index in [0.717, 1.165) is 31.2 Å². The molecule has 2 atom stereocenters. The molecule has 0 radical (unpaired) electrons. The SMILES string of the molecule is Cc1cc(C)c(CNC(C)C)c(N2CC(C)OCC2C)n1. The topological polar surface area (TPSA) is 37.4 Å². The Kier molecular flexibility index (Phi) is 5.22. The lowest BCUT2D eigenvalue weighted by Gasteiger charge is -2.39. The Bertz CT molecular complexity index is 487. The highest BCUT2D eigenvalue weighted by Crippen LogP contribution is 2.27. The predicted molar refractivity (Wildman–Crippen MR) is 87.9 cm³/mol. The first-order chi connectivity index (χ1) is 9.88. The normalized spacial score (nSPS) is 22.9. The molecule has 2 unspecified atom stereocenters. The van der Waals surface area contributed by atoms with Crippen molar-refractivity contribution in [3.05, 3.63) is 22.9 Å². The van der Waals surface area contributed by atoms with Crippen LogP contribution >= 0.6 is 0 Å². The minimum atomic E-state index is 0.259. The second kappa shape index (κ2) is 6.75. The number of hydrogen-bond donors (Lipinski definition) is 1.